The van der Waals surface area contributed by atoms with Gasteiger partial charge in [0.05, 0.1) is 0 Å². The minimum atomic E-state index is -1.48. The third-order valence-corrected chi connectivity index (χ3v) is 9.96. The summed E-state index contributed by atoms with van der Waals surface area (Å²) in [4.78, 5) is 42.0. The number of carboxylic acids is 2. The number of rotatable bonds is 11. The maximum absolute atomic E-state index is 13.8. The summed E-state index contributed by atoms with van der Waals surface area (Å²) < 4.78 is 0. The number of phenols is 4. The Balaban J connectivity index is 0.00000756. The van der Waals surface area contributed by atoms with Gasteiger partial charge in [-0.2, -0.15) is 0 Å². The van der Waals surface area contributed by atoms with Crippen LogP contribution in [0.2, 0.25) is 0 Å². The van der Waals surface area contributed by atoms with Crippen LogP contribution in [0.3, 0.4) is 0 Å². The van der Waals surface area contributed by atoms with E-state index in [0.717, 1.165) is 6.21 Å². The number of phenolic OH excluding ortho intramolecular Hbond substituents is 4. The van der Waals surface area contributed by atoms with E-state index in [4.69, 9.17) is 0 Å². The van der Waals surface area contributed by atoms with E-state index in [1.54, 1.807) is 67.5 Å². The Morgan fingerprint density at radius 3 is 1.85 bits per heavy atom. The number of aromatic hydroxyl groups is 4. The molecule has 4 atom stereocenters. The van der Waals surface area contributed by atoms with Crippen molar-refractivity contribution in [2.45, 2.75) is 99.3 Å². The van der Waals surface area contributed by atoms with E-state index < -0.39 is 70.7 Å². The molecule has 0 saturated carbocycles. The SMILES string of the molecule is Cc1cc2c(c(O)c1-c1c(C)cc3c(C(C)C)c(O)c(O)c(C=NC(C(=O)O)C(C)C)c3c1O)/C(=C/NC(C(=O)O)C(C)C)C(=O)C(O)C2C(C)C.[Na+]. The van der Waals surface area contributed by atoms with Gasteiger partial charge in [0, 0.05) is 57.1 Å². The predicted molar refractivity (Wildman–Crippen MR) is 199 cm³/mol. The number of carbonyl (C=O) groups excluding carboxylic acids is 1. The van der Waals surface area contributed by atoms with Crippen molar-refractivity contribution in [2.24, 2.45) is 22.7 Å². The summed E-state index contributed by atoms with van der Waals surface area (Å²) in [5, 5.41) is 81.0. The number of hydrogen-bond donors (Lipinski definition) is 8. The average molecular weight is 742 g/mol. The van der Waals surface area contributed by atoms with Crippen molar-refractivity contribution in [2.75, 3.05) is 0 Å². The molecule has 8 N–H and O–H groups in total. The first-order valence-corrected chi connectivity index (χ1v) is 17.4. The van der Waals surface area contributed by atoms with Crippen molar-refractivity contribution < 1.29 is 79.7 Å². The second kappa shape index (κ2) is 16.5. The molecular formula is C40H50N2NaO10+. The third-order valence-electron chi connectivity index (χ3n) is 9.96. The summed E-state index contributed by atoms with van der Waals surface area (Å²) in [6.45, 7) is 17.4. The Morgan fingerprint density at radius 2 is 1.36 bits per heavy atom. The average Bonchev–Trinajstić information content (AvgIpc) is 3.01. The quantitative estimate of drug-likeness (QED) is 0.0617. The molecule has 4 unspecified atom stereocenters. The number of benzene rings is 3. The Morgan fingerprint density at radius 1 is 0.792 bits per heavy atom. The van der Waals surface area contributed by atoms with Crippen LogP contribution >= 0.6 is 0 Å². The fraction of sp³-hybridized carbons (Fsp3) is 0.450. The van der Waals surface area contributed by atoms with Gasteiger partial charge < -0.3 is 41.1 Å². The minimum absolute atomic E-state index is 0. The van der Waals surface area contributed by atoms with Gasteiger partial charge >= 0.3 is 41.5 Å². The number of aliphatic imine (C=N–C) groups is 1. The van der Waals surface area contributed by atoms with E-state index in [-0.39, 0.29) is 80.5 Å². The number of Topliss-reactive ketones (excluding diaryl/α,β-unsaturated/α-hetero) is 1. The van der Waals surface area contributed by atoms with Crippen LogP contribution in [0.15, 0.2) is 23.3 Å². The Labute approximate surface area is 331 Å². The molecule has 0 saturated heterocycles. The van der Waals surface area contributed by atoms with Gasteiger partial charge in [-0.05, 0) is 59.6 Å². The number of aliphatic hydroxyl groups excluding tert-OH is 1. The van der Waals surface area contributed by atoms with Crippen molar-refractivity contribution in [1.29, 1.82) is 0 Å². The number of nitrogens with zero attached hydrogens (tertiary/aromatic N) is 1. The molecule has 4 rings (SSSR count). The van der Waals surface area contributed by atoms with Gasteiger partial charge in [-0.1, -0.05) is 67.5 Å². The predicted octanol–water partition coefficient (Wildman–Crippen LogP) is 3.32. The molecule has 53 heavy (non-hydrogen) atoms. The molecule has 1 aliphatic rings. The van der Waals surface area contributed by atoms with Crippen LogP contribution in [0.5, 0.6) is 23.0 Å². The van der Waals surface area contributed by atoms with Gasteiger partial charge in [0.2, 0.25) is 0 Å². The summed E-state index contributed by atoms with van der Waals surface area (Å²) in [5.41, 5.74) is 1.82. The second-order valence-electron chi connectivity index (χ2n) is 15.1. The first-order chi connectivity index (χ1) is 24.1. The van der Waals surface area contributed by atoms with Crippen LogP contribution in [0, 0.1) is 31.6 Å². The Bertz CT molecular complexity index is 2010. The minimum Gasteiger partial charge on any atom is -0.507 e. The van der Waals surface area contributed by atoms with Crippen molar-refractivity contribution in [1.82, 2.24) is 5.32 Å². The zero-order valence-corrected chi connectivity index (χ0v) is 34.2. The summed E-state index contributed by atoms with van der Waals surface area (Å²) in [6.07, 6.45) is 0.853. The Hall–Kier alpha value is -4.10. The summed E-state index contributed by atoms with van der Waals surface area (Å²) in [6, 6.07) is 1.14. The van der Waals surface area contributed by atoms with Crippen LogP contribution in [0.25, 0.3) is 27.5 Å². The number of carbonyl (C=O) groups is 3. The van der Waals surface area contributed by atoms with Gasteiger partial charge in [-0.3, -0.25) is 9.79 Å². The zero-order valence-electron chi connectivity index (χ0n) is 32.2. The topological polar surface area (TPSA) is 217 Å². The molecular weight excluding hydrogens is 691 g/mol. The van der Waals surface area contributed by atoms with Crippen LogP contribution < -0.4 is 34.9 Å². The number of carboxylic acid groups (broad SMARTS) is 2. The van der Waals surface area contributed by atoms with Gasteiger partial charge in [-0.25, -0.2) is 9.59 Å². The maximum atomic E-state index is 13.8. The van der Waals surface area contributed by atoms with E-state index in [1.807, 2.05) is 13.8 Å². The number of hydrogen-bond acceptors (Lipinski definition) is 10. The molecule has 13 heteroatoms. The molecule has 0 amide bonds. The Kier molecular flexibility index (Phi) is 13.5. The number of aliphatic carboxylic acids is 2. The molecule has 0 fully saturated rings. The second-order valence-corrected chi connectivity index (χ2v) is 15.1. The molecule has 0 aromatic heterocycles. The largest absolute Gasteiger partial charge is 1.00 e. The standard InChI is InChI=1S/C40H50N2O10.Na/c1-15(2)25-21-11-19(9)27(35(45)29(21)23(33(43)37(25)47)13-41-31(17(5)6)39(49)50)28-20(10)12-22-26(16(3)4)38(48)34(44)24(30(22)36(28)46)14-42-32(18(7)8)40(51)52;/h11-18,25,31-32,37,41,44-48H,1-10H3,(H,49,50)(H,51,52);/q;+1/b23-13-,42-14?;. The van der Waals surface area contributed by atoms with E-state index >= 15 is 0 Å². The summed E-state index contributed by atoms with van der Waals surface area (Å²) in [7, 11) is 0. The molecule has 280 valence electrons. The van der Waals surface area contributed by atoms with Crippen molar-refractivity contribution in [3.05, 3.63) is 51.7 Å². The first kappa shape index (κ1) is 43.3. The van der Waals surface area contributed by atoms with E-state index in [9.17, 15) is 50.1 Å². The van der Waals surface area contributed by atoms with Crippen LogP contribution in [-0.4, -0.2) is 77.9 Å². The van der Waals surface area contributed by atoms with Crippen LogP contribution in [0.4, 0.5) is 0 Å². The molecule has 0 heterocycles. The zero-order chi connectivity index (χ0) is 39.3. The van der Waals surface area contributed by atoms with E-state index in [0.29, 0.717) is 27.6 Å². The van der Waals surface area contributed by atoms with Gasteiger partial charge in [-0.15, -0.1) is 0 Å². The van der Waals surface area contributed by atoms with Crippen LogP contribution in [-0.2, 0) is 14.4 Å². The van der Waals surface area contributed by atoms with Gasteiger partial charge in [0.15, 0.2) is 17.3 Å². The van der Waals surface area contributed by atoms with Crippen molar-refractivity contribution >= 4 is 40.3 Å². The third kappa shape index (κ3) is 7.78. The summed E-state index contributed by atoms with van der Waals surface area (Å²) >= 11 is 0. The molecule has 0 radical (unpaired) electrons. The smallest absolute Gasteiger partial charge is 0.507 e. The fourth-order valence-corrected chi connectivity index (χ4v) is 7.38. The maximum Gasteiger partial charge on any atom is 1.00 e. The molecule has 0 spiro atoms. The summed E-state index contributed by atoms with van der Waals surface area (Å²) in [5.74, 6) is -7.03. The van der Waals surface area contributed by atoms with Crippen LogP contribution in [0.1, 0.15) is 101 Å². The van der Waals surface area contributed by atoms with E-state index in [2.05, 4.69) is 10.3 Å². The fourth-order valence-electron chi connectivity index (χ4n) is 7.38. The number of ketones is 1. The number of fused-ring (bicyclic) bond motifs is 2. The molecule has 0 bridgehead atoms. The number of aryl methyl sites for hydroxylation is 2. The van der Waals surface area contributed by atoms with Gasteiger partial charge in [0.1, 0.15) is 29.7 Å². The molecule has 12 nitrogen and oxygen atoms in total. The van der Waals surface area contributed by atoms with E-state index in [1.165, 1.54) is 6.20 Å². The monoisotopic (exact) mass is 741 g/mol. The normalized spacial score (nSPS) is 17.9. The molecule has 1 aliphatic carbocycles. The molecule has 3 aromatic rings. The molecule has 0 aliphatic heterocycles. The van der Waals surface area contributed by atoms with Crippen molar-refractivity contribution in [3.8, 4) is 34.1 Å². The molecule has 3 aromatic carbocycles. The van der Waals surface area contributed by atoms with Crippen molar-refractivity contribution in [3.63, 3.8) is 0 Å². The van der Waals surface area contributed by atoms with Gasteiger partial charge in [0.25, 0.3) is 0 Å². The first-order valence-electron chi connectivity index (χ1n) is 17.4. The number of aliphatic hydroxyl groups is 1. The number of nitrogens with one attached hydrogen (secondary N) is 1.